The summed E-state index contributed by atoms with van der Waals surface area (Å²) in [6, 6.07) is 6.07. The van der Waals surface area contributed by atoms with Gasteiger partial charge in [0.2, 0.25) is 0 Å². The van der Waals surface area contributed by atoms with Gasteiger partial charge in [0.1, 0.15) is 5.82 Å². The molecule has 2 aromatic rings. The first-order chi connectivity index (χ1) is 10.3. The first-order valence-corrected chi connectivity index (χ1v) is 7.44. The summed E-state index contributed by atoms with van der Waals surface area (Å²) in [6.45, 7) is 4.00. The first kappa shape index (κ1) is 12.6. The Labute approximate surface area is 123 Å². The standard InChI is InChI=1S/C16H18N4O/c21-16(20-9-8-19-7-6-18-15(19)11-20)14-3-1-2-12-10-17-5-4-13(12)14/h1-3,6-7,17H,4-5,8-11H2. The minimum absolute atomic E-state index is 0.142. The Bertz CT molecular complexity index is 691. The zero-order valence-electron chi connectivity index (χ0n) is 11.9. The number of carbonyl (C=O) groups is 1. The number of amides is 1. The Morgan fingerprint density at radius 2 is 2.24 bits per heavy atom. The van der Waals surface area contributed by atoms with Crippen LogP contribution in [0.25, 0.3) is 0 Å². The predicted molar refractivity (Wildman–Crippen MR) is 78.8 cm³/mol. The van der Waals surface area contributed by atoms with Gasteiger partial charge in [0, 0.05) is 37.6 Å². The van der Waals surface area contributed by atoms with Gasteiger partial charge in [0.15, 0.2) is 0 Å². The van der Waals surface area contributed by atoms with Crippen LogP contribution in [0.2, 0.25) is 0 Å². The van der Waals surface area contributed by atoms with E-state index in [1.54, 1.807) is 6.20 Å². The van der Waals surface area contributed by atoms with Crippen LogP contribution in [0.15, 0.2) is 30.6 Å². The molecular weight excluding hydrogens is 264 g/mol. The van der Waals surface area contributed by atoms with Crippen LogP contribution in [0, 0.1) is 0 Å². The zero-order chi connectivity index (χ0) is 14.2. The third-order valence-corrected chi connectivity index (χ3v) is 4.40. The quantitative estimate of drug-likeness (QED) is 0.854. The average molecular weight is 282 g/mol. The van der Waals surface area contributed by atoms with Crippen molar-refractivity contribution >= 4 is 5.91 Å². The van der Waals surface area contributed by atoms with Crippen LogP contribution in [0.1, 0.15) is 27.3 Å². The molecular formula is C16H18N4O. The van der Waals surface area contributed by atoms with Crippen molar-refractivity contribution in [3.05, 3.63) is 53.1 Å². The van der Waals surface area contributed by atoms with E-state index in [1.807, 2.05) is 23.2 Å². The minimum atomic E-state index is 0.142. The van der Waals surface area contributed by atoms with Crippen LogP contribution in [0.5, 0.6) is 0 Å². The van der Waals surface area contributed by atoms with Gasteiger partial charge >= 0.3 is 0 Å². The lowest BCUT2D eigenvalue weighted by atomic mass is 9.94. The van der Waals surface area contributed by atoms with E-state index in [1.165, 1.54) is 11.1 Å². The molecule has 0 saturated carbocycles. The van der Waals surface area contributed by atoms with E-state index < -0.39 is 0 Å². The number of carbonyl (C=O) groups excluding carboxylic acids is 1. The molecule has 1 aromatic carbocycles. The number of aromatic nitrogens is 2. The number of rotatable bonds is 1. The molecule has 0 unspecified atom stereocenters. The molecule has 0 radical (unpaired) electrons. The second kappa shape index (κ2) is 5.00. The largest absolute Gasteiger partial charge is 0.332 e. The third kappa shape index (κ3) is 2.14. The van der Waals surface area contributed by atoms with Crippen LogP contribution in [-0.2, 0) is 26.1 Å². The molecule has 108 valence electrons. The maximum absolute atomic E-state index is 12.9. The first-order valence-electron chi connectivity index (χ1n) is 7.44. The van der Waals surface area contributed by atoms with Gasteiger partial charge in [-0.3, -0.25) is 4.79 Å². The monoisotopic (exact) mass is 282 g/mol. The second-order valence-corrected chi connectivity index (χ2v) is 5.63. The Balaban J connectivity index is 1.64. The molecule has 2 aliphatic rings. The van der Waals surface area contributed by atoms with Crippen molar-refractivity contribution in [2.24, 2.45) is 0 Å². The van der Waals surface area contributed by atoms with E-state index in [2.05, 4.69) is 20.9 Å². The van der Waals surface area contributed by atoms with Crippen molar-refractivity contribution in [2.45, 2.75) is 26.1 Å². The van der Waals surface area contributed by atoms with Crippen molar-refractivity contribution in [1.29, 1.82) is 0 Å². The summed E-state index contributed by atoms with van der Waals surface area (Å²) < 4.78 is 2.12. The number of fused-ring (bicyclic) bond motifs is 2. The molecule has 0 aliphatic carbocycles. The summed E-state index contributed by atoms with van der Waals surface area (Å²) in [4.78, 5) is 19.1. The van der Waals surface area contributed by atoms with Crippen molar-refractivity contribution in [3.8, 4) is 0 Å². The lowest BCUT2D eigenvalue weighted by Crippen LogP contribution is -2.39. The summed E-state index contributed by atoms with van der Waals surface area (Å²) in [5, 5.41) is 3.36. The van der Waals surface area contributed by atoms with Crippen LogP contribution in [-0.4, -0.2) is 33.4 Å². The van der Waals surface area contributed by atoms with Crippen molar-refractivity contribution in [1.82, 2.24) is 19.8 Å². The predicted octanol–water partition coefficient (Wildman–Crippen LogP) is 1.18. The van der Waals surface area contributed by atoms with Crippen LogP contribution in [0.3, 0.4) is 0 Å². The molecule has 0 saturated heterocycles. The minimum Gasteiger partial charge on any atom is -0.332 e. The molecule has 1 N–H and O–H groups in total. The molecule has 1 amide bonds. The molecule has 4 rings (SSSR count). The zero-order valence-corrected chi connectivity index (χ0v) is 11.9. The van der Waals surface area contributed by atoms with E-state index in [0.717, 1.165) is 44.0 Å². The molecule has 3 heterocycles. The molecule has 0 atom stereocenters. The number of benzene rings is 1. The highest BCUT2D eigenvalue weighted by Crippen LogP contribution is 2.22. The van der Waals surface area contributed by atoms with E-state index >= 15 is 0 Å². The molecule has 5 nitrogen and oxygen atoms in total. The molecule has 1 aromatic heterocycles. The average Bonchev–Trinajstić information content (AvgIpc) is 3.01. The summed E-state index contributed by atoms with van der Waals surface area (Å²) in [6.07, 6.45) is 4.71. The number of imidazole rings is 1. The van der Waals surface area contributed by atoms with Crippen molar-refractivity contribution < 1.29 is 4.79 Å². The normalized spacial score (nSPS) is 17.2. The molecule has 21 heavy (non-hydrogen) atoms. The summed E-state index contributed by atoms with van der Waals surface area (Å²) in [5.41, 5.74) is 3.34. The fraction of sp³-hybridized carbons (Fsp3) is 0.375. The van der Waals surface area contributed by atoms with Gasteiger partial charge in [-0.15, -0.1) is 0 Å². The van der Waals surface area contributed by atoms with Gasteiger partial charge < -0.3 is 14.8 Å². The molecule has 2 aliphatic heterocycles. The van der Waals surface area contributed by atoms with Crippen molar-refractivity contribution in [2.75, 3.05) is 13.1 Å². The van der Waals surface area contributed by atoms with E-state index in [0.29, 0.717) is 6.54 Å². The number of nitrogens with one attached hydrogen (secondary N) is 1. The van der Waals surface area contributed by atoms with Crippen LogP contribution < -0.4 is 5.32 Å². The fourth-order valence-electron chi connectivity index (χ4n) is 3.25. The Kier molecular flexibility index (Phi) is 3.00. The van der Waals surface area contributed by atoms with Gasteiger partial charge in [0.25, 0.3) is 5.91 Å². The number of hydrogen-bond acceptors (Lipinski definition) is 3. The highest BCUT2D eigenvalue weighted by molar-refractivity contribution is 5.96. The van der Waals surface area contributed by atoms with Crippen molar-refractivity contribution in [3.63, 3.8) is 0 Å². The smallest absolute Gasteiger partial charge is 0.254 e. The van der Waals surface area contributed by atoms with Gasteiger partial charge in [-0.2, -0.15) is 0 Å². The van der Waals surface area contributed by atoms with Crippen LogP contribution >= 0.6 is 0 Å². The van der Waals surface area contributed by atoms with E-state index in [4.69, 9.17) is 0 Å². The third-order valence-electron chi connectivity index (χ3n) is 4.40. The number of hydrogen-bond donors (Lipinski definition) is 1. The molecule has 0 fully saturated rings. The SMILES string of the molecule is O=C(c1cccc2c1CCNC2)N1CCn2ccnc2C1. The molecule has 0 bridgehead atoms. The Morgan fingerprint density at radius 3 is 3.19 bits per heavy atom. The summed E-state index contributed by atoms with van der Waals surface area (Å²) in [5.74, 6) is 1.11. The lowest BCUT2D eigenvalue weighted by Gasteiger charge is -2.29. The van der Waals surface area contributed by atoms with E-state index in [-0.39, 0.29) is 5.91 Å². The summed E-state index contributed by atoms with van der Waals surface area (Å²) >= 11 is 0. The lowest BCUT2D eigenvalue weighted by molar-refractivity contribution is 0.0706. The molecule has 0 spiro atoms. The topological polar surface area (TPSA) is 50.2 Å². The van der Waals surface area contributed by atoms with E-state index in [9.17, 15) is 4.79 Å². The molecule has 5 heteroatoms. The Hall–Kier alpha value is -2.14. The van der Waals surface area contributed by atoms with Gasteiger partial charge in [-0.1, -0.05) is 12.1 Å². The van der Waals surface area contributed by atoms with Gasteiger partial charge in [0.05, 0.1) is 6.54 Å². The number of nitrogens with zero attached hydrogens (tertiary/aromatic N) is 3. The fourth-order valence-corrected chi connectivity index (χ4v) is 3.25. The maximum Gasteiger partial charge on any atom is 0.254 e. The highest BCUT2D eigenvalue weighted by atomic mass is 16.2. The van der Waals surface area contributed by atoms with Crippen LogP contribution in [0.4, 0.5) is 0 Å². The second-order valence-electron chi connectivity index (χ2n) is 5.63. The van der Waals surface area contributed by atoms with Gasteiger partial charge in [-0.05, 0) is 30.2 Å². The summed E-state index contributed by atoms with van der Waals surface area (Å²) in [7, 11) is 0. The highest BCUT2D eigenvalue weighted by Gasteiger charge is 2.25. The maximum atomic E-state index is 12.9. The Morgan fingerprint density at radius 1 is 1.29 bits per heavy atom. The van der Waals surface area contributed by atoms with Gasteiger partial charge in [-0.25, -0.2) is 4.98 Å².